The van der Waals surface area contributed by atoms with E-state index in [1.165, 1.54) is 18.4 Å². The van der Waals surface area contributed by atoms with Crippen LogP contribution in [0.2, 0.25) is 0 Å². The number of hydrogen-bond acceptors (Lipinski definition) is 4. The summed E-state index contributed by atoms with van der Waals surface area (Å²) in [5, 5.41) is 6.75. The Hall–Kier alpha value is -0.780. The molecule has 0 bridgehead atoms. The van der Waals surface area contributed by atoms with Gasteiger partial charge in [0.15, 0.2) is 0 Å². The number of hydrogen-bond donors (Lipinski definition) is 1. The van der Waals surface area contributed by atoms with Crippen molar-refractivity contribution in [1.29, 1.82) is 0 Å². The van der Waals surface area contributed by atoms with Gasteiger partial charge < -0.3 is 5.32 Å². The molecule has 3 rings (SSSR count). The minimum Gasteiger partial charge on any atom is -0.301 e. The standard InChI is InChI=1S/C12H12BrN3S/c13-9-5-8(6-14-7-9)11(16-10-1-2-10)12-15-3-4-17-12/h3-7,10-11,16H,1-2H2. The zero-order valence-electron chi connectivity index (χ0n) is 9.14. The summed E-state index contributed by atoms with van der Waals surface area (Å²) >= 11 is 5.15. The number of nitrogens with zero attached hydrogens (tertiary/aromatic N) is 2. The third-order valence-corrected chi connectivity index (χ3v) is 4.01. The Morgan fingerprint density at radius 2 is 2.29 bits per heavy atom. The smallest absolute Gasteiger partial charge is 0.114 e. The van der Waals surface area contributed by atoms with Crippen LogP contribution in [0.5, 0.6) is 0 Å². The molecule has 5 heteroatoms. The van der Waals surface area contributed by atoms with Crippen molar-refractivity contribution >= 4 is 27.3 Å². The van der Waals surface area contributed by atoms with E-state index in [1.807, 2.05) is 17.8 Å². The maximum Gasteiger partial charge on any atom is 0.114 e. The number of nitrogens with one attached hydrogen (secondary N) is 1. The van der Waals surface area contributed by atoms with Gasteiger partial charge in [0, 0.05) is 34.5 Å². The average molecular weight is 310 g/mol. The lowest BCUT2D eigenvalue weighted by Crippen LogP contribution is -2.24. The van der Waals surface area contributed by atoms with Crippen molar-refractivity contribution in [1.82, 2.24) is 15.3 Å². The summed E-state index contributed by atoms with van der Waals surface area (Å²) in [5.41, 5.74) is 1.17. The van der Waals surface area contributed by atoms with Crippen LogP contribution >= 0.6 is 27.3 Å². The van der Waals surface area contributed by atoms with Gasteiger partial charge in [-0.25, -0.2) is 4.98 Å². The first-order valence-electron chi connectivity index (χ1n) is 5.59. The van der Waals surface area contributed by atoms with E-state index in [0.29, 0.717) is 6.04 Å². The monoisotopic (exact) mass is 309 g/mol. The number of aromatic nitrogens is 2. The van der Waals surface area contributed by atoms with Crippen molar-refractivity contribution < 1.29 is 0 Å². The molecule has 3 nitrogen and oxygen atoms in total. The maximum absolute atomic E-state index is 4.42. The Balaban J connectivity index is 1.92. The molecular formula is C12H12BrN3S. The largest absolute Gasteiger partial charge is 0.301 e. The second-order valence-electron chi connectivity index (χ2n) is 4.18. The van der Waals surface area contributed by atoms with Crippen LogP contribution in [0.4, 0.5) is 0 Å². The molecule has 1 unspecified atom stereocenters. The fourth-order valence-electron chi connectivity index (χ4n) is 1.76. The van der Waals surface area contributed by atoms with E-state index >= 15 is 0 Å². The van der Waals surface area contributed by atoms with E-state index in [4.69, 9.17) is 0 Å². The highest BCUT2D eigenvalue weighted by molar-refractivity contribution is 9.10. The van der Waals surface area contributed by atoms with Gasteiger partial charge in [-0.05, 0) is 40.4 Å². The molecule has 2 heterocycles. The Kier molecular flexibility index (Phi) is 3.22. The first-order chi connectivity index (χ1) is 8.33. The Labute approximate surface area is 112 Å². The summed E-state index contributed by atoms with van der Waals surface area (Å²) in [6.07, 6.45) is 8.10. The average Bonchev–Trinajstić information content (AvgIpc) is 2.99. The van der Waals surface area contributed by atoms with Crippen LogP contribution in [0.25, 0.3) is 0 Å². The van der Waals surface area contributed by atoms with Crippen LogP contribution in [0.3, 0.4) is 0 Å². The summed E-state index contributed by atoms with van der Waals surface area (Å²) in [5.74, 6) is 0. The van der Waals surface area contributed by atoms with Crippen molar-refractivity contribution in [2.75, 3.05) is 0 Å². The quantitative estimate of drug-likeness (QED) is 0.943. The zero-order chi connectivity index (χ0) is 11.7. The molecule has 17 heavy (non-hydrogen) atoms. The lowest BCUT2D eigenvalue weighted by atomic mass is 10.1. The second kappa shape index (κ2) is 4.84. The van der Waals surface area contributed by atoms with E-state index in [9.17, 15) is 0 Å². The number of thiazole rings is 1. The van der Waals surface area contributed by atoms with Crippen molar-refractivity contribution in [2.24, 2.45) is 0 Å². The molecule has 1 atom stereocenters. The van der Waals surface area contributed by atoms with Gasteiger partial charge in [-0.2, -0.15) is 0 Å². The molecule has 1 N–H and O–H groups in total. The third kappa shape index (κ3) is 2.73. The molecule has 2 aromatic rings. The molecule has 0 saturated heterocycles. The van der Waals surface area contributed by atoms with Crippen molar-refractivity contribution in [3.8, 4) is 0 Å². The van der Waals surface area contributed by atoms with E-state index < -0.39 is 0 Å². The molecule has 0 aromatic carbocycles. The van der Waals surface area contributed by atoms with Gasteiger partial charge in [0.05, 0.1) is 6.04 Å². The number of pyridine rings is 1. The zero-order valence-corrected chi connectivity index (χ0v) is 11.5. The fourth-order valence-corrected chi connectivity index (χ4v) is 2.86. The summed E-state index contributed by atoms with van der Waals surface area (Å²) in [6, 6.07) is 2.92. The van der Waals surface area contributed by atoms with E-state index in [0.717, 1.165) is 9.48 Å². The van der Waals surface area contributed by atoms with Crippen LogP contribution in [0.1, 0.15) is 29.5 Å². The third-order valence-electron chi connectivity index (χ3n) is 2.74. The van der Waals surface area contributed by atoms with Crippen LogP contribution in [-0.4, -0.2) is 16.0 Å². The lowest BCUT2D eigenvalue weighted by molar-refractivity contribution is 0.596. The fraction of sp³-hybridized carbons (Fsp3) is 0.333. The SMILES string of the molecule is Brc1cncc(C(NC2CC2)c2nccs2)c1. The van der Waals surface area contributed by atoms with E-state index in [2.05, 4.69) is 37.3 Å². The molecular weight excluding hydrogens is 298 g/mol. The maximum atomic E-state index is 4.42. The normalized spacial score (nSPS) is 17.0. The predicted molar refractivity (Wildman–Crippen MR) is 72.1 cm³/mol. The summed E-state index contributed by atoms with van der Waals surface area (Å²) in [7, 11) is 0. The predicted octanol–water partition coefficient (Wildman–Crippen LogP) is 3.14. The lowest BCUT2D eigenvalue weighted by Gasteiger charge is -2.16. The minimum atomic E-state index is 0.174. The van der Waals surface area contributed by atoms with Gasteiger partial charge in [-0.3, -0.25) is 4.98 Å². The molecule has 1 fully saturated rings. The highest BCUT2D eigenvalue weighted by Gasteiger charge is 2.27. The van der Waals surface area contributed by atoms with Crippen LogP contribution in [0.15, 0.2) is 34.5 Å². The summed E-state index contributed by atoms with van der Waals surface area (Å²) in [4.78, 5) is 8.65. The Bertz CT molecular complexity index is 496. The van der Waals surface area contributed by atoms with Gasteiger partial charge >= 0.3 is 0 Å². The van der Waals surface area contributed by atoms with Crippen LogP contribution < -0.4 is 5.32 Å². The van der Waals surface area contributed by atoms with Crippen molar-refractivity contribution in [2.45, 2.75) is 24.9 Å². The van der Waals surface area contributed by atoms with E-state index in [-0.39, 0.29) is 6.04 Å². The molecule has 0 radical (unpaired) electrons. The van der Waals surface area contributed by atoms with Crippen LogP contribution in [-0.2, 0) is 0 Å². The molecule has 88 valence electrons. The molecule has 0 amide bonds. The topological polar surface area (TPSA) is 37.8 Å². The highest BCUT2D eigenvalue weighted by atomic mass is 79.9. The summed E-state index contributed by atoms with van der Waals surface area (Å²) < 4.78 is 1.01. The van der Waals surface area contributed by atoms with Gasteiger partial charge in [0.2, 0.25) is 0 Å². The van der Waals surface area contributed by atoms with Crippen molar-refractivity contribution in [3.63, 3.8) is 0 Å². The number of halogens is 1. The molecule has 1 saturated carbocycles. The molecule has 0 aliphatic heterocycles. The first kappa shape index (κ1) is 11.3. The van der Waals surface area contributed by atoms with Gasteiger partial charge in [-0.1, -0.05) is 0 Å². The van der Waals surface area contributed by atoms with Gasteiger partial charge in [0.1, 0.15) is 5.01 Å². The number of rotatable bonds is 4. The van der Waals surface area contributed by atoms with E-state index in [1.54, 1.807) is 17.5 Å². The van der Waals surface area contributed by atoms with Crippen molar-refractivity contribution in [3.05, 3.63) is 45.1 Å². The molecule has 1 aliphatic rings. The molecule has 2 aromatic heterocycles. The molecule has 1 aliphatic carbocycles. The van der Waals surface area contributed by atoms with Gasteiger partial charge in [0.25, 0.3) is 0 Å². The summed E-state index contributed by atoms with van der Waals surface area (Å²) in [6.45, 7) is 0. The van der Waals surface area contributed by atoms with Gasteiger partial charge in [-0.15, -0.1) is 11.3 Å². The Morgan fingerprint density at radius 3 is 2.94 bits per heavy atom. The minimum absolute atomic E-state index is 0.174. The highest BCUT2D eigenvalue weighted by Crippen LogP contribution is 2.30. The molecule has 0 spiro atoms. The van der Waals surface area contributed by atoms with Crippen LogP contribution in [0, 0.1) is 0 Å². The Morgan fingerprint density at radius 1 is 1.41 bits per heavy atom. The second-order valence-corrected chi connectivity index (χ2v) is 6.02. The first-order valence-corrected chi connectivity index (χ1v) is 7.26.